The number of halogens is 2. The molecule has 0 aliphatic heterocycles. The molecule has 3 nitrogen and oxygen atoms in total. The first-order chi connectivity index (χ1) is 9.02. The van der Waals surface area contributed by atoms with Crippen molar-refractivity contribution in [2.45, 2.75) is 24.0 Å². The molecule has 2 atom stereocenters. The van der Waals surface area contributed by atoms with E-state index in [4.69, 9.17) is 0 Å². The van der Waals surface area contributed by atoms with Crippen molar-refractivity contribution >= 4 is 46.0 Å². The SMILES string of the molecule is CNCC(C)C(=O)NCC(C)Sc1ccc(Br)cc1.Cl. The maximum atomic E-state index is 11.8. The van der Waals surface area contributed by atoms with Crippen molar-refractivity contribution in [2.24, 2.45) is 5.92 Å². The number of nitrogens with one attached hydrogen (secondary N) is 2. The summed E-state index contributed by atoms with van der Waals surface area (Å²) in [6, 6.07) is 8.22. The van der Waals surface area contributed by atoms with Crippen molar-refractivity contribution in [1.29, 1.82) is 0 Å². The van der Waals surface area contributed by atoms with Gasteiger partial charge in [0.15, 0.2) is 0 Å². The summed E-state index contributed by atoms with van der Waals surface area (Å²) in [5.74, 6) is 0.118. The Morgan fingerprint density at radius 3 is 2.40 bits per heavy atom. The van der Waals surface area contributed by atoms with E-state index < -0.39 is 0 Å². The molecule has 0 saturated heterocycles. The van der Waals surface area contributed by atoms with E-state index in [0.29, 0.717) is 18.3 Å². The van der Waals surface area contributed by atoms with Gasteiger partial charge in [-0.2, -0.15) is 0 Å². The summed E-state index contributed by atoms with van der Waals surface area (Å²) in [5, 5.41) is 6.35. The molecule has 1 amide bonds. The third-order valence-corrected chi connectivity index (χ3v) is 4.31. The Balaban J connectivity index is 0.00000361. The third-order valence-electron chi connectivity index (χ3n) is 2.67. The number of carbonyl (C=O) groups excluding carboxylic acids is 1. The van der Waals surface area contributed by atoms with Crippen molar-refractivity contribution in [3.8, 4) is 0 Å². The van der Waals surface area contributed by atoms with Crippen molar-refractivity contribution in [2.75, 3.05) is 20.1 Å². The zero-order valence-corrected chi connectivity index (χ0v) is 15.2. The first-order valence-electron chi connectivity index (χ1n) is 6.37. The molecule has 0 bridgehead atoms. The maximum Gasteiger partial charge on any atom is 0.224 e. The molecule has 0 aliphatic rings. The molecule has 1 aromatic rings. The first kappa shape index (κ1) is 19.8. The minimum absolute atomic E-state index is 0. The molecule has 114 valence electrons. The molecular weight excluding hydrogens is 360 g/mol. The number of amides is 1. The van der Waals surface area contributed by atoms with E-state index in [1.807, 2.05) is 26.1 Å². The Bertz CT molecular complexity index is 403. The molecule has 0 saturated carbocycles. The fourth-order valence-corrected chi connectivity index (χ4v) is 2.79. The number of carbonyl (C=O) groups is 1. The summed E-state index contributed by atoms with van der Waals surface area (Å²) in [7, 11) is 1.86. The van der Waals surface area contributed by atoms with Crippen LogP contribution in [0.15, 0.2) is 33.6 Å². The average molecular weight is 382 g/mol. The lowest BCUT2D eigenvalue weighted by Gasteiger charge is -2.15. The lowest BCUT2D eigenvalue weighted by molar-refractivity contribution is -0.124. The summed E-state index contributed by atoms with van der Waals surface area (Å²) in [6.07, 6.45) is 0. The van der Waals surface area contributed by atoms with Crippen LogP contribution in [-0.4, -0.2) is 31.3 Å². The van der Waals surface area contributed by atoms with Crippen LogP contribution in [0, 0.1) is 5.92 Å². The highest BCUT2D eigenvalue weighted by atomic mass is 79.9. The van der Waals surface area contributed by atoms with Crippen LogP contribution in [0.2, 0.25) is 0 Å². The van der Waals surface area contributed by atoms with E-state index in [0.717, 1.165) is 4.47 Å². The number of rotatable bonds is 7. The van der Waals surface area contributed by atoms with Crippen LogP contribution < -0.4 is 10.6 Å². The van der Waals surface area contributed by atoms with Crippen molar-refractivity contribution < 1.29 is 4.79 Å². The Morgan fingerprint density at radius 1 is 1.25 bits per heavy atom. The minimum atomic E-state index is 0. The lowest BCUT2D eigenvalue weighted by Crippen LogP contribution is -2.37. The highest BCUT2D eigenvalue weighted by molar-refractivity contribution is 9.10. The topological polar surface area (TPSA) is 41.1 Å². The van der Waals surface area contributed by atoms with E-state index >= 15 is 0 Å². The summed E-state index contributed by atoms with van der Waals surface area (Å²) in [5.41, 5.74) is 0. The highest BCUT2D eigenvalue weighted by Gasteiger charge is 2.13. The Kier molecular flexibility index (Phi) is 10.4. The summed E-state index contributed by atoms with van der Waals surface area (Å²) in [4.78, 5) is 13.0. The van der Waals surface area contributed by atoms with Crippen molar-refractivity contribution in [1.82, 2.24) is 10.6 Å². The fraction of sp³-hybridized carbons (Fsp3) is 0.500. The van der Waals surface area contributed by atoms with E-state index in [9.17, 15) is 4.79 Å². The lowest BCUT2D eigenvalue weighted by atomic mass is 10.1. The smallest absolute Gasteiger partial charge is 0.224 e. The second-order valence-corrected chi connectivity index (χ2v) is 7.01. The molecule has 0 heterocycles. The van der Waals surface area contributed by atoms with E-state index in [-0.39, 0.29) is 24.2 Å². The second kappa shape index (κ2) is 10.5. The van der Waals surface area contributed by atoms with Gasteiger partial charge in [0.1, 0.15) is 0 Å². The molecule has 0 aliphatic carbocycles. The van der Waals surface area contributed by atoms with Crippen LogP contribution in [0.25, 0.3) is 0 Å². The zero-order chi connectivity index (χ0) is 14.3. The van der Waals surface area contributed by atoms with Gasteiger partial charge in [-0.1, -0.05) is 29.8 Å². The van der Waals surface area contributed by atoms with Gasteiger partial charge in [-0.15, -0.1) is 24.2 Å². The fourth-order valence-electron chi connectivity index (χ4n) is 1.60. The molecule has 0 spiro atoms. The standard InChI is InChI=1S/C14H21BrN2OS.ClH/c1-10(8-16-3)14(18)17-9-11(2)19-13-6-4-12(15)5-7-13;/h4-7,10-11,16H,8-9H2,1-3H3,(H,17,18);1H. The minimum Gasteiger partial charge on any atom is -0.355 e. The molecule has 0 radical (unpaired) electrons. The number of hydrogen-bond donors (Lipinski definition) is 2. The number of hydrogen-bond acceptors (Lipinski definition) is 3. The average Bonchev–Trinajstić information content (AvgIpc) is 2.39. The van der Waals surface area contributed by atoms with Gasteiger partial charge < -0.3 is 10.6 Å². The van der Waals surface area contributed by atoms with Crippen LogP contribution in [0.5, 0.6) is 0 Å². The van der Waals surface area contributed by atoms with Crippen molar-refractivity contribution in [3.05, 3.63) is 28.7 Å². The predicted molar refractivity (Wildman–Crippen MR) is 92.8 cm³/mol. The Morgan fingerprint density at radius 2 is 1.85 bits per heavy atom. The summed E-state index contributed by atoms with van der Waals surface area (Å²) < 4.78 is 1.08. The van der Waals surface area contributed by atoms with Crippen LogP contribution in [0.3, 0.4) is 0 Å². The normalized spacial score (nSPS) is 13.2. The van der Waals surface area contributed by atoms with Crippen LogP contribution in [0.4, 0.5) is 0 Å². The molecular formula is C14H22BrClN2OS. The Labute approximate surface area is 140 Å². The van der Waals surface area contributed by atoms with Crippen LogP contribution in [-0.2, 0) is 4.79 Å². The van der Waals surface area contributed by atoms with Crippen molar-refractivity contribution in [3.63, 3.8) is 0 Å². The van der Waals surface area contributed by atoms with E-state index in [1.165, 1.54) is 4.90 Å². The van der Waals surface area contributed by atoms with Gasteiger partial charge in [-0.05, 0) is 31.3 Å². The maximum absolute atomic E-state index is 11.8. The van der Waals surface area contributed by atoms with Gasteiger partial charge in [0.25, 0.3) is 0 Å². The molecule has 2 N–H and O–H groups in total. The number of benzene rings is 1. The molecule has 0 aromatic heterocycles. The van der Waals surface area contributed by atoms with Gasteiger partial charge in [0.2, 0.25) is 5.91 Å². The largest absolute Gasteiger partial charge is 0.355 e. The van der Waals surface area contributed by atoms with Gasteiger partial charge in [0.05, 0.1) is 0 Å². The van der Waals surface area contributed by atoms with E-state index in [1.54, 1.807) is 11.8 Å². The Hall–Kier alpha value is -0.230. The molecule has 6 heteroatoms. The van der Waals surface area contributed by atoms with Gasteiger partial charge in [0, 0.05) is 33.6 Å². The predicted octanol–water partition coefficient (Wildman–Crippen LogP) is 3.32. The molecule has 1 rings (SSSR count). The van der Waals surface area contributed by atoms with Gasteiger partial charge >= 0.3 is 0 Å². The molecule has 1 aromatic carbocycles. The summed E-state index contributed by atoms with van der Waals surface area (Å²) >= 11 is 5.19. The third kappa shape index (κ3) is 7.53. The van der Waals surface area contributed by atoms with Gasteiger partial charge in [-0.25, -0.2) is 0 Å². The second-order valence-electron chi connectivity index (χ2n) is 4.59. The van der Waals surface area contributed by atoms with Crippen LogP contribution in [0.1, 0.15) is 13.8 Å². The monoisotopic (exact) mass is 380 g/mol. The molecule has 20 heavy (non-hydrogen) atoms. The quantitative estimate of drug-likeness (QED) is 0.712. The number of thioether (sulfide) groups is 1. The van der Waals surface area contributed by atoms with Gasteiger partial charge in [-0.3, -0.25) is 4.79 Å². The molecule has 0 fully saturated rings. The molecule has 2 unspecified atom stereocenters. The van der Waals surface area contributed by atoms with Crippen LogP contribution >= 0.6 is 40.1 Å². The highest BCUT2D eigenvalue weighted by Crippen LogP contribution is 2.24. The zero-order valence-electron chi connectivity index (χ0n) is 12.0. The summed E-state index contributed by atoms with van der Waals surface area (Å²) in [6.45, 7) is 5.45. The van der Waals surface area contributed by atoms with E-state index in [2.05, 4.69) is 45.6 Å². The first-order valence-corrected chi connectivity index (χ1v) is 8.04.